The maximum Gasteiger partial charge on any atom is 0.269 e. The number of hydrogen-bond acceptors (Lipinski definition) is 9. The van der Waals surface area contributed by atoms with Gasteiger partial charge in [0.25, 0.3) is 5.69 Å². The molecule has 0 amide bonds. The van der Waals surface area contributed by atoms with E-state index in [1.54, 1.807) is 31.4 Å². The molecule has 0 aliphatic rings. The number of ether oxygens (including phenoxy) is 1. The largest absolute Gasteiger partial charge is 0.494 e. The van der Waals surface area contributed by atoms with Crippen LogP contribution in [0.1, 0.15) is 12.8 Å². The predicted octanol–water partition coefficient (Wildman–Crippen LogP) is 4.89. The first-order valence-electron chi connectivity index (χ1n) is 10.5. The summed E-state index contributed by atoms with van der Waals surface area (Å²) in [4.78, 5) is 10.3. The average molecular weight is 462 g/mol. The molecule has 0 heterocycles. The Bertz CT molecular complexity index is 1140. The number of terminal acetylenes is 1. The van der Waals surface area contributed by atoms with E-state index in [9.17, 15) is 10.1 Å². The van der Waals surface area contributed by atoms with Crippen LogP contribution in [0.3, 0.4) is 0 Å². The van der Waals surface area contributed by atoms with Crippen LogP contribution in [0, 0.1) is 22.5 Å². The van der Waals surface area contributed by atoms with Crippen LogP contribution in [-0.2, 0) is 0 Å². The molecular formula is C24H27N7O3. The van der Waals surface area contributed by atoms with Crippen molar-refractivity contribution in [3.05, 3.63) is 70.8 Å². The molecule has 3 aromatic rings. The molecule has 0 radical (unpaired) electrons. The van der Waals surface area contributed by atoms with Gasteiger partial charge in [0, 0.05) is 36.9 Å². The number of nitro benzene ring substituents is 1. The molecule has 0 saturated carbocycles. The maximum atomic E-state index is 10.8. The third kappa shape index (κ3) is 6.61. The molecule has 0 bridgehead atoms. The highest BCUT2D eigenvalue weighted by Crippen LogP contribution is 2.33. The summed E-state index contributed by atoms with van der Waals surface area (Å²) in [6, 6.07) is 17.3. The average Bonchev–Trinajstić information content (AvgIpc) is 2.85. The molecule has 0 aromatic heterocycles. The highest BCUT2D eigenvalue weighted by atomic mass is 16.6. The van der Waals surface area contributed by atoms with Crippen molar-refractivity contribution in [2.45, 2.75) is 12.8 Å². The number of rotatable bonds is 12. The van der Waals surface area contributed by atoms with Gasteiger partial charge in [0.05, 0.1) is 40.5 Å². The van der Waals surface area contributed by atoms with Crippen LogP contribution in [0.15, 0.2) is 60.7 Å². The summed E-state index contributed by atoms with van der Waals surface area (Å²) in [6.45, 7) is 0.825. The summed E-state index contributed by atoms with van der Waals surface area (Å²) >= 11 is 0. The maximum absolute atomic E-state index is 10.8. The number of methoxy groups -OCH3 is 1. The summed E-state index contributed by atoms with van der Waals surface area (Å²) in [5.41, 5.74) is 22.6. The second kappa shape index (κ2) is 11.7. The first-order chi connectivity index (χ1) is 16.5. The zero-order valence-electron chi connectivity index (χ0n) is 18.7. The van der Waals surface area contributed by atoms with E-state index >= 15 is 0 Å². The summed E-state index contributed by atoms with van der Waals surface area (Å²) in [6.07, 6.45) is 6.94. The minimum Gasteiger partial charge on any atom is -0.494 e. The van der Waals surface area contributed by atoms with Gasteiger partial charge in [0.1, 0.15) is 5.75 Å². The van der Waals surface area contributed by atoms with E-state index in [2.05, 4.69) is 32.9 Å². The van der Waals surface area contributed by atoms with Crippen molar-refractivity contribution in [1.29, 1.82) is 0 Å². The lowest BCUT2D eigenvalue weighted by atomic mass is 10.2. The second-order valence-electron chi connectivity index (χ2n) is 7.26. The van der Waals surface area contributed by atoms with Gasteiger partial charge in [0.2, 0.25) is 0 Å². The SMILES string of the molecule is C#CCCCNc1ccc(NNc2cc(N)c(NNc3ccc([N+](=O)[O-])cc3)cc2OC)cc1. The van der Waals surface area contributed by atoms with Crippen LogP contribution in [0.4, 0.5) is 39.8 Å². The monoisotopic (exact) mass is 461 g/mol. The van der Waals surface area contributed by atoms with Crippen molar-refractivity contribution < 1.29 is 9.66 Å². The van der Waals surface area contributed by atoms with E-state index in [0.717, 1.165) is 30.8 Å². The third-order valence-corrected chi connectivity index (χ3v) is 4.84. The van der Waals surface area contributed by atoms with Gasteiger partial charge in [-0.15, -0.1) is 12.3 Å². The minimum absolute atomic E-state index is 0.0145. The summed E-state index contributed by atoms with van der Waals surface area (Å²) in [5, 5.41) is 14.1. The topological polar surface area (TPSA) is 139 Å². The number of nitrogens with zero attached hydrogens (tertiary/aromatic N) is 1. The van der Waals surface area contributed by atoms with E-state index in [1.165, 1.54) is 12.1 Å². The van der Waals surface area contributed by atoms with Crippen molar-refractivity contribution in [1.82, 2.24) is 0 Å². The summed E-state index contributed by atoms with van der Waals surface area (Å²) in [5.74, 6) is 3.18. The van der Waals surface area contributed by atoms with Crippen LogP contribution >= 0.6 is 0 Å². The van der Waals surface area contributed by atoms with Gasteiger partial charge in [0.15, 0.2) is 0 Å². The molecule has 34 heavy (non-hydrogen) atoms. The van der Waals surface area contributed by atoms with Crippen LogP contribution < -0.4 is 37.5 Å². The number of nitrogens with one attached hydrogen (secondary N) is 5. The van der Waals surface area contributed by atoms with Gasteiger partial charge < -0.3 is 26.6 Å². The molecule has 0 aliphatic heterocycles. The summed E-state index contributed by atoms with van der Waals surface area (Å²) in [7, 11) is 1.56. The smallest absolute Gasteiger partial charge is 0.269 e. The van der Waals surface area contributed by atoms with Gasteiger partial charge in [-0.2, -0.15) is 0 Å². The lowest BCUT2D eigenvalue weighted by molar-refractivity contribution is -0.384. The molecule has 10 heteroatoms. The molecule has 7 N–H and O–H groups in total. The number of nitrogen functional groups attached to an aromatic ring is 1. The van der Waals surface area contributed by atoms with Crippen molar-refractivity contribution in [3.8, 4) is 18.1 Å². The minimum atomic E-state index is -0.451. The fourth-order valence-electron chi connectivity index (χ4n) is 3.01. The van der Waals surface area contributed by atoms with Crippen molar-refractivity contribution in [2.24, 2.45) is 0 Å². The molecule has 0 aliphatic carbocycles. The molecular weight excluding hydrogens is 434 g/mol. The number of hydrogen-bond donors (Lipinski definition) is 6. The normalized spacial score (nSPS) is 10.0. The highest BCUT2D eigenvalue weighted by molar-refractivity contribution is 5.78. The van der Waals surface area contributed by atoms with E-state index in [-0.39, 0.29) is 5.69 Å². The number of unbranched alkanes of at least 4 members (excludes halogenated alkanes) is 1. The number of non-ortho nitro benzene ring substituents is 1. The number of nitrogens with two attached hydrogens (primary N) is 1. The van der Waals surface area contributed by atoms with Crippen molar-refractivity contribution in [3.63, 3.8) is 0 Å². The molecule has 0 unspecified atom stereocenters. The number of hydrazine groups is 2. The Morgan fingerprint density at radius 1 is 0.941 bits per heavy atom. The van der Waals surface area contributed by atoms with Gasteiger partial charge in [-0.3, -0.25) is 21.0 Å². The van der Waals surface area contributed by atoms with E-state index in [4.69, 9.17) is 16.9 Å². The Kier molecular flexibility index (Phi) is 8.24. The fraction of sp³-hybridized carbons (Fsp3) is 0.167. The van der Waals surface area contributed by atoms with Crippen LogP contribution in [0.2, 0.25) is 0 Å². The lowest BCUT2D eigenvalue weighted by Crippen LogP contribution is -2.13. The number of nitro groups is 1. The summed E-state index contributed by atoms with van der Waals surface area (Å²) < 4.78 is 5.48. The quantitative estimate of drug-likeness (QED) is 0.0731. The Morgan fingerprint density at radius 2 is 1.53 bits per heavy atom. The Morgan fingerprint density at radius 3 is 2.12 bits per heavy atom. The van der Waals surface area contributed by atoms with E-state index in [0.29, 0.717) is 28.5 Å². The molecule has 10 nitrogen and oxygen atoms in total. The first kappa shape index (κ1) is 23.9. The number of benzene rings is 3. The van der Waals surface area contributed by atoms with E-state index < -0.39 is 4.92 Å². The predicted molar refractivity (Wildman–Crippen MR) is 138 cm³/mol. The van der Waals surface area contributed by atoms with Gasteiger partial charge in [-0.05, 0) is 48.9 Å². The van der Waals surface area contributed by atoms with Crippen LogP contribution in [0.5, 0.6) is 5.75 Å². The van der Waals surface area contributed by atoms with Crippen LogP contribution in [0.25, 0.3) is 0 Å². The fourth-order valence-corrected chi connectivity index (χ4v) is 3.01. The van der Waals surface area contributed by atoms with Gasteiger partial charge >= 0.3 is 0 Å². The zero-order valence-corrected chi connectivity index (χ0v) is 18.7. The molecule has 0 atom stereocenters. The van der Waals surface area contributed by atoms with Crippen LogP contribution in [-0.4, -0.2) is 18.6 Å². The van der Waals surface area contributed by atoms with Gasteiger partial charge in [-0.25, -0.2) is 0 Å². The second-order valence-corrected chi connectivity index (χ2v) is 7.26. The Hall–Kier alpha value is -4.78. The highest BCUT2D eigenvalue weighted by Gasteiger charge is 2.10. The molecule has 176 valence electrons. The Balaban J connectivity index is 1.58. The van der Waals surface area contributed by atoms with Crippen molar-refractivity contribution >= 4 is 39.8 Å². The zero-order chi connectivity index (χ0) is 24.3. The Labute approximate surface area is 198 Å². The molecule has 3 aromatic carbocycles. The number of anilines is 6. The molecule has 0 saturated heterocycles. The lowest BCUT2D eigenvalue weighted by Gasteiger charge is -2.18. The molecule has 0 spiro atoms. The first-order valence-corrected chi connectivity index (χ1v) is 10.5. The molecule has 0 fully saturated rings. The van der Waals surface area contributed by atoms with E-state index in [1.807, 2.05) is 24.3 Å². The van der Waals surface area contributed by atoms with Gasteiger partial charge in [-0.1, -0.05) is 0 Å². The standard InChI is InChI=1S/C24H27N7O3/c1-3-4-5-14-26-17-6-8-18(9-7-17)28-30-23-15-21(25)22(16-24(23)34-2)29-27-19-10-12-20(13-11-19)31(32)33/h1,6-13,15-16,26-30H,4-5,14,25H2,2H3. The third-order valence-electron chi connectivity index (χ3n) is 4.84. The molecule has 3 rings (SSSR count). The van der Waals surface area contributed by atoms with Crippen molar-refractivity contribution in [2.75, 3.05) is 46.4 Å².